The first-order valence-corrected chi connectivity index (χ1v) is 9.69. The molecule has 0 amide bonds. The molecule has 3 aromatic rings. The third-order valence-corrected chi connectivity index (χ3v) is 6.13. The van der Waals surface area contributed by atoms with Crippen molar-refractivity contribution in [1.29, 1.82) is 0 Å². The quantitative estimate of drug-likeness (QED) is 0.475. The SMILES string of the molecule is CCCSC(c1ccccc1)(c1ccccc1)c1ccc(OC)cc1. The van der Waals surface area contributed by atoms with E-state index < -0.39 is 0 Å². The molecule has 1 nitrogen and oxygen atoms in total. The average Bonchev–Trinajstić information content (AvgIpc) is 2.71. The minimum atomic E-state index is -0.217. The minimum absolute atomic E-state index is 0.217. The molecule has 0 N–H and O–H groups in total. The molecular weight excluding hydrogens is 324 g/mol. The molecule has 0 saturated carbocycles. The number of thioether (sulfide) groups is 1. The molecule has 0 atom stereocenters. The molecule has 2 heteroatoms. The first kappa shape index (κ1) is 17.6. The normalized spacial score (nSPS) is 11.3. The van der Waals surface area contributed by atoms with Gasteiger partial charge in [0.25, 0.3) is 0 Å². The number of rotatable bonds is 7. The summed E-state index contributed by atoms with van der Waals surface area (Å²) < 4.78 is 5.15. The highest BCUT2D eigenvalue weighted by molar-refractivity contribution is 8.00. The number of hydrogen-bond donors (Lipinski definition) is 0. The molecule has 0 aromatic heterocycles. The highest BCUT2D eigenvalue weighted by Gasteiger charge is 2.36. The molecule has 3 rings (SSSR count). The van der Waals surface area contributed by atoms with Crippen LogP contribution in [0, 0.1) is 0 Å². The number of ether oxygens (including phenoxy) is 1. The van der Waals surface area contributed by atoms with Crippen molar-refractivity contribution >= 4 is 11.8 Å². The molecule has 0 aliphatic heterocycles. The Morgan fingerprint density at radius 3 is 1.64 bits per heavy atom. The Hall–Kier alpha value is -2.19. The maximum absolute atomic E-state index is 5.37. The first-order chi connectivity index (χ1) is 12.3. The Kier molecular flexibility index (Phi) is 5.83. The first-order valence-electron chi connectivity index (χ1n) is 8.71. The summed E-state index contributed by atoms with van der Waals surface area (Å²) in [7, 11) is 1.71. The maximum Gasteiger partial charge on any atom is 0.118 e. The molecule has 0 unspecified atom stereocenters. The largest absolute Gasteiger partial charge is 0.497 e. The smallest absolute Gasteiger partial charge is 0.118 e. The lowest BCUT2D eigenvalue weighted by atomic mass is 9.84. The number of hydrogen-bond acceptors (Lipinski definition) is 2. The minimum Gasteiger partial charge on any atom is -0.497 e. The van der Waals surface area contributed by atoms with Gasteiger partial charge in [0.05, 0.1) is 11.9 Å². The van der Waals surface area contributed by atoms with Crippen LogP contribution in [0.1, 0.15) is 30.0 Å². The highest BCUT2D eigenvalue weighted by Crippen LogP contribution is 2.48. The summed E-state index contributed by atoms with van der Waals surface area (Å²) >= 11 is 2.00. The van der Waals surface area contributed by atoms with Gasteiger partial charge >= 0.3 is 0 Å². The van der Waals surface area contributed by atoms with Gasteiger partial charge in [-0.2, -0.15) is 0 Å². The number of methoxy groups -OCH3 is 1. The molecule has 0 spiro atoms. The monoisotopic (exact) mass is 348 g/mol. The molecule has 25 heavy (non-hydrogen) atoms. The van der Waals surface area contributed by atoms with Crippen LogP contribution in [-0.4, -0.2) is 12.9 Å². The van der Waals surface area contributed by atoms with E-state index >= 15 is 0 Å². The molecule has 0 bridgehead atoms. The van der Waals surface area contributed by atoms with E-state index in [1.54, 1.807) is 7.11 Å². The third kappa shape index (κ3) is 3.59. The third-order valence-electron chi connectivity index (χ3n) is 4.38. The summed E-state index contributed by atoms with van der Waals surface area (Å²) in [6.07, 6.45) is 1.14. The Labute approximate surface area is 155 Å². The van der Waals surface area contributed by atoms with Gasteiger partial charge in [0, 0.05) is 0 Å². The van der Waals surface area contributed by atoms with E-state index in [1.807, 2.05) is 11.8 Å². The lowest BCUT2D eigenvalue weighted by Gasteiger charge is -2.35. The van der Waals surface area contributed by atoms with Gasteiger partial charge in [0.2, 0.25) is 0 Å². The Bertz CT molecular complexity index is 727. The standard InChI is InChI=1S/C23H24OS/c1-3-18-25-23(19-10-6-4-7-11-19,20-12-8-5-9-13-20)21-14-16-22(24-2)17-15-21/h4-17H,3,18H2,1-2H3. The van der Waals surface area contributed by atoms with Crippen LogP contribution in [-0.2, 0) is 4.75 Å². The zero-order valence-electron chi connectivity index (χ0n) is 14.8. The van der Waals surface area contributed by atoms with Gasteiger partial charge in [-0.3, -0.25) is 0 Å². The van der Waals surface area contributed by atoms with E-state index in [0.29, 0.717) is 0 Å². The summed E-state index contributed by atoms with van der Waals surface area (Å²) in [5.74, 6) is 1.98. The lowest BCUT2D eigenvalue weighted by molar-refractivity contribution is 0.414. The van der Waals surface area contributed by atoms with Crippen molar-refractivity contribution < 1.29 is 4.74 Å². The van der Waals surface area contributed by atoms with Gasteiger partial charge in [-0.1, -0.05) is 79.7 Å². The molecule has 0 radical (unpaired) electrons. The molecule has 0 fully saturated rings. The van der Waals surface area contributed by atoms with Gasteiger partial charge in [0.1, 0.15) is 5.75 Å². The fourth-order valence-corrected chi connectivity index (χ4v) is 4.60. The predicted octanol–water partition coefficient (Wildman–Crippen LogP) is 6.13. The second kappa shape index (κ2) is 8.26. The summed E-state index contributed by atoms with van der Waals surface area (Å²) in [4.78, 5) is 0. The Morgan fingerprint density at radius 2 is 1.20 bits per heavy atom. The molecule has 128 valence electrons. The van der Waals surface area contributed by atoms with E-state index in [0.717, 1.165) is 17.9 Å². The summed E-state index contributed by atoms with van der Waals surface area (Å²) in [5.41, 5.74) is 3.90. The van der Waals surface area contributed by atoms with Crippen LogP contribution < -0.4 is 4.74 Å². The van der Waals surface area contributed by atoms with Gasteiger partial charge in [-0.05, 0) is 41.0 Å². The fourth-order valence-electron chi connectivity index (χ4n) is 3.18. The van der Waals surface area contributed by atoms with Gasteiger partial charge < -0.3 is 4.74 Å². The molecule has 0 heterocycles. The average molecular weight is 349 g/mol. The van der Waals surface area contributed by atoms with Crippen molar-refractivity contribution in [2.75, 3.05) is 12.9 Å². The summed E-state index contributed by atoms with van der Waals surface area (Å²) in [5, 5.41) is 0. The zero-order valence-corrected chi connectivity index (χ0v) is 15.6. The van der Waals surface area contributed by atoms with Crippen molar-refractivity contribution in [3.05, 3.63) is 102 Å². The number of benzene rings is 3. The van der Waals surface area contributed by atoms with Crippen molar-refractivity contribution in [3.63, 3.8) is 0 Å². The van der Waals surface area contributed by atoms with Crippen LogP contribution in [0.5, 0.6) is 5.75 Å². The zero-order chi connectivity index (χ0) is 17.5. The van der Waals surface area contributed by atoms with Gasteiger partial charge in [-0.25, -0.2) is 0 Å². The van der Waals surface area contributed by atoms with E-state index in [4.69, 9.17) is 4.74 Å². The van der Waals surface area contributed by atoms with Crippen LogP contribution in [0.25, 0.3) is 0 Å². The Morgan fingerprint density at radius 1 is 0.720 bits per heavy atom. The van der Waals surface area contributed by atoms with Crippen molar-refractivity contribution in [1.82, 2.24) is 0 Å². The van der Waals surface area contributed by atoms with Crippen LogP contribution in [0.15, 0.2) is 84.9 Å². The van der Waals surface area contributed by atoms with Crippen molar-refractivity contribution in [3.8, 4) is 5.75 Å². The van der Waals surface area contributed by atoms with E-state index in [9.17, 15) is 0 Å². The van der Waals surface area contributed by atoms with Crippen LogP contribution in [0.2, 0.25) is 0 Å². The molecule has 0 aliphatic rings. The summed E-state index contributed by atoms with van der Waals surface area (Å²) in [6.45, 7) is 2.24. The second-order valence-corrected chi connectivity index (χ2v) is 7.30. The highest BCUT2D eigenvalue weighted by atomic mass is 32.2. The molecule has 0 saturated heterocycles. The Balaban J connectivity index is 2.23. The van der Waals surface area contributed by atoms with Crippen LogP contribution >= 0.6 is 11.8 Å². The molecule has 3 aromatic carbocycles. The molecule has 0 aliphatic carbocycles. The topological polar surface area (TPSA) is 9.23 Å². The fraction of sp³-hybridized carbons (Fsp3) is 0.217. The second-order valence-electron chi connectivity index (χ2n) is 5.99. The lowest BCUT2D eigenvalue weighted by Crippen LogP contribution is -2.26. The van der Waals surface area contributed by atoms with Gasteiger partial charge in [0.15, 0.2) is 0 Å². The van der Waals surface area contributed by atoms with Crippen LogP contribution in [0.3, 0.4) is 0 Å². The van der Waals surface area contributed by atoms with E-state index in [1.165, 1.54) is 16.7 Å². The van der Waals surface area contributed by atoms with E-state index in [2.05, 4.69) is 91.9 Å². The van der Waals surface area contributed by atoms with Crippen molar-refractivity contribution in [2.24, 2.45) is 0 Å². The van der Waals surface area contributed by atoms with Crippen molar-refractivity contribution in [2.45, 2.75) is 18.1 Å². The van der Waals surface area contributed by atoms with Crippen LogP contribution in [0.4, 0.5) is 0 Å². The summed E-state index contributed by atoms with van der Waals surface area (Å²) in [6, 6.07) is 30.1. The van der Waals surface area contributed by atoms with Gasteiger partial charge in [-0.15, -0.1) is 11.8 Å². The molecular formula is C23H24OS. The predicted molar refractivity (Wildman–Crippen MR) is 109 cm³/mol. The van der Waals surface area contributed by atoms with E-state index in [-0.39, 0.29) is 4.75 Å². The maximum atomic E-state index is 5.37.